The lowest BCUT2D eigenvalue weighted by Crippen LogP contribution is -2.58. The normalized spacial score (nSPS) is 22.9. The van der Waals surface area contributed by atoms with E-state index in [0.29, 0.717) is 72.4 Å². The predicted molar refractivity (Wildman–Crippen MR) is 147 cm³/mol. The maximum absolute atomic E-state index is 13.2. The van der Waals surface area contributed by atoms with Crippen LogP contribution in [-0.2, 0) is 17.8 Å². The SMILES string of the molecule is CCc1c(Cl)ccc(N2CCC(N)(C(=O)NC3CCS(O)(O)CC3)C2)c1Cn1cnc2c(N)ncnc21. The van der Waals surface area contributed by atoms with Crippen LogP contribution in [0.25, 0.3) is 11.2 Å². The largest absolute Gasteiger partial charge is 0.382 e. The van der Waals surface area contributed by atoms with Crippen molar-refractivity contribution in [1.29, 1.82) is 0 Å². The molecule has 0 radical (unpaired) electrons. The van der Waals surface area contributed by atoms with Crippen molar-refractivity contribution in [1.82, 2.24) is 24.8 Å². The lowest BCUT2D eigenvalue weighted by Gasteiger charge is -2.40. The van der Waals surface area contributed by atoms with Gasteiger partial charge in [-0.1, -0.05) is 18.5 Å². The minimum atomic E-state index is -2.51. The third-order valence-corrected chi connectivity index (χ3v) is 9.61. The second-order valence-electron chi connectivity index (χ2n) is 9.97. The highest BCUT2D eigenvalue weighted by molar-refractivity contribution is 8.24. The number of imidazole rings is 1. The van der Waals surface area contributed by atoms with E-state index in [-0.39, 0.29) is 11.9 Å². The van der Waals surface area contributed by atoms with Crippen LogP contribution in [0, 0.1) is 0 Å². The highest BCUT2D eigenvalue weighted by atomic mass is 35.5. The number of anilines is 2. The molecule has 13 heteroatoms. The van der Waals surface area contributed by atoms with Gasteiger partial charge in [-0.15, -0.1) is 0 Å². The van der Waals surface area contributed by atoms with Crippen LogP contribution in [0.3, 0.4) is 0 Å². The van der Waals surface area contributed by atoms with Crippen LogP contribution in [0.15, 0.2) is 24.8 Å². The molecule has 2 aliphatic heterocycles. The van der Waals surface area contributed by atoms with E-state index in [1.807, 2.05) is 16.7 Å². The molecule has 1 aromatic carbocycles. The number of carbonyl (C=O) groups excluding carboxylic acids is 1. The molecule has 0 aliphatic carbocycles. The van der Waals surface area contributed by atoms with Crippen molar-refractivity contribution in [3.63, 3.8) is 0 Å². The number of aromatic nitrogens is 4. The molecule has 1 atom stereocenters. The fourth-order valence-electron chi connectivity index (χ4n) is 5.30. The molecule has 200 valence electrons. The second-order valence-corrected chi connectivity index (χ2v) is 12.8. The van der Waals surface area contributed by atoms with Crippen molar-refractivity contribution in [2.24, 2.45) is 5.73 Å². The summed E-state index contributed by atoms with van der Waals surface area (Å²) in [6.07, 6.45) is 5.44. The van der Waals surface area contributed by atoms with Crippen LogP contribution in [0.4, 0.5) is 11.5 Å². The number of benzene rings is 1. The number of amides is 1. The first-order valence-electron chi connectivity index (χ1n) is 12.4. The first kappa shape index (κ1) is 26.0. The summed E-state index contributed by atoms with van der Waals surface area (Å²) in [5.41, 5.74) is 15.8. The molecule has 2 saturated heterocycles. The highest BCUT2D eigenvalue weighted by Crippen LogP contribution is 2.44. The van der Waals surface area contributed by atoms with E-state index in [0.717, 1.165) is 23.2 Å². The van der Waals surface area contributed by atoms with Crippen molar-refractivity contribution in [2.75, 3.05) is 35.2 Å². The summed E-state index contributed by atoms with van der Waals surface area (Å²) in [4.78, 5) is 28.2. The summed E-state index contributed by atoms with van der Waals surface area (Å²) in [7, 11) is -2.51. The average molecular weight is 549 g/mol. The topological polar surface area (TPSA) is 168 Å². The van der Waals surface area contributed by atoms with E-state index >= 15 is 0 Å². The Bertz CT molecular complexity index is 1320. The van der Waals surface area contributed by atoms with E-state index in [1.165, 1.54) is 6.33 Å². The van der Waals surface area contributed by atoms with E-state index in [2.05, 4.69) is 32.1 Å². The Hall–Kier alpha value is -2.64. The Labute approximate surface area is 222 Å². The first-order valence-corrected chi connectivity index (χ1v) is 14.7. The van der Waals surface area contributed by atoms with E-state index in [1.54, 1.807) is 6.33 Å². The molecule has 1 unspecified atom stereocenters. The summed E-state index contributed by atoms with van der Waals surface area (Å²) in [6.45, 7) is 3.51. The Morgan fingerprint density at radius 2 is 2.00 bits per heavy atom. The summed E-state index contributed by atoms with van der Waals surface area (Å²) < 4.78 is 21.7. The molecular weight excluding hydrogens is 516 g/mol. The minimum Gasteiger partial charge on any atom is -0.382 e. The van der Waals surface area contributed by atoms with Gasteiger partial charge in [-0.2, -0.15) is 10.6 Å². The summed E-state index contributed by atoms with van der Waals surface area (Å²) in [6, 6.07) is 3.78. The standard InChI is InChI=1S/C24H33ClN8O3S/c1-2-16-17(11-33-14-30-20-21(26)28-13-29-22(20)33)19(4-3-18(16)25)32-8-7-24(27,12-32)23(34)31-15-5-9-37(35,36)10-6-15/h3-4,13-15,35-36H,2,5-12,27H2,1H3,(H,31,34)(H2,26,28,29). The molecule has 37 heavy (non-hydrogen) atoms. The van der Waals surface area contributed by atoms with Crippen LogP contribution in [0.2, 0.25) is 5.02 Å². The molecule has 4 heterocycles. The van der Waals surface area contributed by atoms with E-state index in [4.69, 9.17) is 23.1 Å². The Kier molecular flexibility index (Phi) is 6.96. The molecule has 0 saturated carbocycles. The number of halogens is 1. The average Bonchev–Trinajstić information content (AvgIpc) is 3.46. The van der Waals surface area contributed by atoms with Crippen molar-refractivity contribution >= 4 is 50.8 Å². The lowest BCUT2D eigenvalue weighted by atomic mass is 9.97. The molecule has 2 aromatic heterocycles. The van der Waals surface area contributed by atoms with E-state index in [9.17, 15) is 13.9 Å². The number of hydrogen-bond acceptors (Lipinski definition) is 9. The first-order chi connectivity index (χ1) is 17.6. The van der Waals surface area contributed by atoms with Gasteiger partial charge >= 0.3 is 0 Å². The van der Waals surface area contributed by atoms with Crippen molar-refractivity contribution in [3.05, 3.63) is 40.9 Å². The molecule has 1 amide bonds. The zero-order valence-electron chi connectivity index (χ0n) is 20.7. The molecule has 0 spiro atoms. The fraction of sp³-hybridized carbons (Fsp3) is 0.500. The number of carbonyl (C=O) groups is 1. The summed E-state index contributed by atoms with van der Waals surface area (Å²) >= 11 is 6.62. The monoisotopic (exact) mass is 548 g/mol. The van der Waals surface area contributed by atoms with Gasteiger partial charge in [0, 0.05) is 41.3 Å². The summed E-state index contributed by atoms with van der Waals surface area (Å²) in [5, 5.41) is 3.74. The number of rotatable bonds is 6. The Morgan fingerprint density at radius 3 is 2.73 bits per heavy atom. The number of nitrogens with two attached hydrogens (primary N) is 2. The molecule has 7 N–H and O–H groups in total. The molecule has 5 rings (SSSR count). The van der Waals surface area contributed by atoms with Crippen LogP contribution >= 0.6 is 22.2 Å². The predicted octanol–water partition coefficient (Wildman–Crippen LogP) is 2.61. The molecule has 2 aliphatic rings. The molecule has 3 aromatic rings. The van der Waals surface area contributed by atoms with Gasteiger partial charge in [0.15, 0.2) is 11.5 Å². The van der Waals surface area contributed by atoms with Crippen LogP contribution in [0.1, 0.15) is 37.3 Å². The summed E-state index contributed by atoms with van der Waals surface area (Å²) in [5.74, 6) is 0.758. The molecule has 11 nitrogen and oxygen atoms in total. The van der Waals surface area contributed by atoms with Gasteiger partial charge < -0.3 is 26.3 Å². The van der Waals surface area contributed by atoms with Crippen molar-refractivity contribution in [2.45, 2.75) is 50.7 Å². The van der Waals surface area contributed by atoms with Gasteiger partial charge in [0.1, 0.15) is 17.4 Å². The van der Waals surface area contributed by atoms with Crippen LogP contribution < -0.4 is 21.7 Å². The van der Waals surface area contributed by atoms with Crippen molar-refractivity contribution in [3.8, 4) is 0 Å². The molecule has 2 fully saturated rings. The minimum absolute atomic E-state index is 0.0939. The van der Waals surface area contributed by atoms with Gasteiger partial charge in [0.25, 0.3) is 0 Å². The number of fused-ring (bicyclic) bond motifs is 1. The van der Waals surface area contributed by atoms with Gasteiger partial charge in [0.2, 0.25) is 5.91 Å². The van der Waals surface area contributed by atoms with Crippen LogP contribution in [-0.4, -0.2) is 70.7 Å². The highest BCUT2D eigenvalue weighted by Gasteiger charge is 2.43. The molecular formula is C24H33ClN8O3S. The van der Waals surface area contributed by atoms with Gasteiger partial charge in [-0.25, -0.2) is 15.0 Å². The number of nitrogen functional groups attached to an aromatic ring is 1. The lowest BCUT2D eigenvalue weighted by molar-refractivity contribution is -0.126. The Balaban J connectivity index is 1.39. The fourth-order valence-corrected chi connectivity index (χ4v) is 7.14. The maximum Gasteiger partial charge on any atom is 0.242 e. The number of nitrogens with one attached hydrogen (secondary N) is 1. The number of nitrogens with zero attached hydrogens (tertiary/aromatic N) is 5. The zero-order valence-corrected chi connectivity index (χ0v) is 22.3. The smallest absolute Gasteiger partial charge is 0.242 e. The van der Waals surface area contributed by atoms with E-state index < -0.39 is 16.1 Å². The third-order valence-electron chi connectivity index (χ3n) is 7.48. The van der Waals surface area contributed by atoms with Crippen LogP contribution in [0.5, 0.6) is 0 Å². The Morgan fingerprint density at radius 1 is 1.24 bits per heavy atom. The quantitative estimate of drug-likeness (QED) is 0.311. The van der Waals surface area contributed by atoms with Gasteiger partial charge in [0.05, 0.1) is 12.9 Å². The maximum atomic E-state index is 13.2. The number of hydrogen-bond donors (Lipinski definition) is 5. The molecule has 0 bridgehead atoms. The van der Waals surface area contributed by atoms with Gasteiger partial charge in [-0.05, 0) is 48.9 Å². The van der Waals surface area contributed by atoms with Crippen molar-refractivity contribution < 1.29 is 13.9 Å². The zero-order chi connectivity index (χ0) is 26.4. The van der Waals surface area contributed by atoms with Gasteiger partial charge in [-0.3, -0.25) is 13.9 Å². The third kappa shape index (κ3) is 5.08. The second kappa shape index (κ2) is 9.91.